The molecule has 0 unspecified atom stereocenters. The van der Waals surface area contributed by atoms with Crippen LogP contribution in [0.4, 0.5) is 0 Å². The number of benzene rings is 2. The summed E-state index contributed by atoms with van der Waals surface area (Å²) in [5.41, 5.74) is 4.76. The van der Waals surface area contributed by atoms with Gasteiger partial charge in [0.2, 0.25) is 11.7 Å². The smallest absolute Gasteiger partial charge is 0.244 e. The highest BCUT2D eigenvalue weighted by molar-refractivity contribution is 7.99. The van der Waals surface area contributed by atoms with Crippen LogP contribution in [0.5, 0.6) is 17.2 Å². The number of ether oxygens (including phenoxy) is 3. The molecule has 9 nitrogen and oxygen atoms in total. The predicted octanol–water partition coefficient (Wildman–Crippen LogP) is 2.35. The van der Waals surface area contributed by atoms with Crippen LogP contribution in [-0.2, 0) is 4.79 Å². The van der Waals surface area contributed by atoms with Gasteiger partial charge in [-0.3, -0.25) is 14.8 Å². The lowest BCUT2D eigenvalue weighted by Crippen LogP contribution is -2.31. The number of nitrogens with two attached hydrogens (primary N) is 1. The fourth-order valence-electron chi connectivity index (χ4n) is 2.96. The largest absolute Gasteiger partial charge is 0.493 e. The standard InChI is InChI=1S/C20H23N5O4S/c1-12-7-5-6-8-14(12)25-19(23-24-20(25)30-11-17(26)22-21)13-9-15(27-2)18(29-4)16(10-13)28-3/h5-10H,11,21H2,1-4H3,(H,22,26). The van der Waals surface area contributed by atoms with E-state index in [4.69, 9.17) is 20.1 Å². The van der Waals surface area contributed by atoms with Crippen LogP contribution in [0.3, 0.4) is 0 Å². The summed E-state index contributed by atoms with van der Waals surface area (Å²) < 4.78 is 18.3. The third-order valence-electron chi connectivity index (χ3n) is 4.41. The number of carbonyl (C=O) groups excluding carboxylic acids is 1. The zero-order chi connectivity index (χ0) is 21.7. The molecule has 1 aromatic heterocycles. The van der Waals surface area contributed by atoms with Gasteiger partial charge in [-0.2, -0.15) is 0 Å². The van der Waals surface area contributed by atoms with Crippen molar-refractivity contribution >= 4 is 17.7 Å². The number of nitrogens with zero attached hydrogens (tertiary/aromatic N) is 3. The Morgan fingerprint density at radius 1 is 1.10 bits per heavy atom. The van der Waals surface area contributed by atoms with Gasteiger partial charge in [0.15, 0.2) is 22.5 Å². The van der Waals surface area contributed by atoms with Crippen molar-refractivity contribution in [3.05, 3.63) is 42.0 Å². The third kappa shape index (κ3) is 4.19. The molecule has 3 N–H and O–H groups in total. The minimum Gasteiger partial charge on any atom is -0.493 e. The summed E-state index contributed by atoms with van der Waals surface area (Å²) in [6.45, 7) is 2.00. The number of hydrazine groups is 1. The Labute approximate surface area is 178 Å². The van der Waals surface area contributed by atoms with Gasteiger partial charge in [-0.1, -0.05) is 30.0 Å². The molecule has 1 heterocycles. The highest BCUT2D eigenvalue weighted by Crippen LogP contribution is 2.41. The molecule has 10 heteroatoms. The minimum absolute atomic E-state index is 0.107. The average molecular weight is 430 g/mol. The second-order valence-electron chi connectivity index (χ2n) is 6.20. The van der Waals surface area contributed by atoms with Gasteiger partial charge in [0.25, 0.3) is 0 Å². The van der Waals surface area contributed by atoms with E-state index < -0.39 is 0 Å². The molecule has 0 aliphatic rings. The van der Waals surface area contributed by atoms with Crippen LogP contribution in [0.15, 0.2) is 41.6 Å². The number of amides is 1. The van der Waals surface area contributed by atoms with E-state index in [9.17, 15) is 4.79 Å². The molecule has 0 saturated heterocycles. The fourth-order valence-corrected chi connectivity index (χ4v) is 3.72. The third-order valence-corrected chi connectivity index (χ3v) is 5.33. The zero-order valence-corrected chi connectivity index (χ0v) is 17.9. The summed E-state index contributed by atoms with van der Waals surface area (Å²) in [5.74, 6) is 7.06. The number of nitrogens with one attached hydrogen (secondary N) is 1. The Balaban J connectivity index is 2.19. The van der Waals surface area contributed by atoms with Crippen molar-refractivity contribution in [2.24, 2.45) is 5.84 Å². The molecule has 0 fully saturated rings. The lowest BCUT2D eigenvalue weighted by Gasteiger charge is -2.16. The van der Waals surface area contributed by atoms with Crippen LogP contribution < -0.4 is 25.5 Å². The molecule has 158 valence electrons. The summed E-state index contributed by atoms with van der Waals surface area (Å²) in [7, 11) is 4.66. The van der Waals surface area contributed by atoms with Crippen LogP contribution in [0.25, 0.3) is 17.1 Å². The monoisotopic (exact) mass is 429 g/mol. The second-order valence-corrected chi connectivity index (χ2v) is 7.14. The molecular formula is C20H23N5O4S. The van der Waals surface area contributed by atoms with Crippen molar-refractivity contribution in [2.75, 3.05) is 27.1 Å². The van der Waals surface area contributed by atoms with E-state index in [0.717, 1.165) is 16.8 Å². The van der Waals surface area contributed by atoms with E-state index in [0.29, 0.717) is 28.2 Å². The highest BCUT2D eigenvalue weighted by atomic mass is 32.2. The summed E-state index contributed by atoms with van der Waals surface area (Å²) >= 11 is 1.24. The van der Waals surface area contributed by atoms with E-state index >= 15 is 0 Å². The highest BCUT2D eigenvalue weighted by Gasteiger charge is 2.22. The Hall–Kier alpha value is -3.24. The van der Waals surface area contributed by atoms with Crippen LogP contribution in [0.1, 0.15) is 5.56 Å². The van der Waals surface area contributed by atoms with E-state index in [1.54, 1.807) is 33.5 Å². The van der Waals surface area contributed by atoms with Crippen molar-refractivity contribution in [1.29, 1.82) is 0 Å². The Morgan fingerprint density at radius 2 is 1.77 bits per heavy atom. The van der Waals surface area contributed by atoms with Crippen LogP contribution in [0.2, 0.25) is 0 Å². The first-order chi connectivity index (χ1) is 14.5. The molecule has 1 amide bonds. The van der Waals surface area contributed by atoms with Gasteiger partial charge in [0.1, 0.15) is 0 Å². The molecule has 0 spiro atoms. The molecular weight excluding hydrogens is 406 g/mol. The molecule has 2 aromatic carbocycles. The van der Waals surface area contributed by atoms with Crippen LogP contribution in [0, 0.1) is 6.92 Å². The van der Waals surface area contributed by atoms with Gasteiger partial charge < -0.3 is 14.2 Å². The topological polar surface area (TPSA) is 114 Å². The maximum atomic E-state index is 11.7. The van der Waals surface area contributed by atoms with E-state index in [1.807, 2.05) is 35.8 Å². The Bertz CT molecular complexity index is 1030. The normalized spacial score (nSPS) is 10.6. The maximum absolute atomic E-state index is 11.7. The van der Waals surface area contributed by atoms with Gasteiger partial charge in [0.05, 0.1) is 32.8 Å². The van der Waals surface area contributed by atoms with Gasteiger partial charge in [-0.25, -0.2) is 5.84 Å². The van der Waals surface area contributed by atoms with E-state index in [2.05, 4.69) is 15.6 Å². The maximum Gasteiger partial charge on any atom is 0.244 e. The number of para-hydroxylation sites is 1. The summed E-state index contributed by atoms with van der Waals surface area (Å²) in [5, 5.41) is 9.26. The van der Waals surface area contributed by atoms with Gasteiger partial charge >= 0.3 is 0 Å². The molecule has 0 atom stereocenters. The van der Waals surface area contributed by atoms with E-state index in [-0.39, 0.29) is 11.7 Å². The van der Waals surface area contributed by atoms with Gasteiger partial charge in [0, 0.05) is 5.56 Å². The van der Waals surface area contributed by atoms with Crippen LogP contribution in [-0.4, -0.2) is 47.8 Å². The first-order valence-electron chi connectivity index (χ1n) is 8.98. The first-order valence-corrected chi connectivity index (χ1v) is 9.96. The number of aryl methyl sites for hydroxylation is 1. The first kappa shape index (κ1) is 21.5. The molecule has 0 aliphatic carbocycles. The quantitative estimate of drug-likeness (QED) is 0.243. The van der Waals surface area contributed by atoms with Crippen molar-refractivity contribution in [3.63, 3.8) is 0 Å². The zero-order valence-electron chi connectivity index (χ0n) is 17.1. The molecule has 0 radical (unpaired) electrons. The summed E-state index contributed by atoms with van der Waals surface area (Å²) in [4.78, 5) is 11.7. The summed E-state index contributed by atoms with van der Waals surface area (Å²) in [6.07, 6.45) is 0. The number of methoxy groups -OCH3 is 3. The molecule has 0 saturated carbocycles. The average Bonchev–Trinajstić information content (AvgIpc) is 3.20. The molecule has 0 aliphatic heterocycles. The molecule has 30 heavy (non-hydrogen) atoms. The summed E-state index contributed by atoms with van der Waals surface area (Å²) in [6, 6.07) is 11.5. The lowest BCUT2D eigenvalue weighted by atomic mass is 10.1. The number of hydrogen-bond donors (Lipinski definition) is 2. The molecule has 3 aromatic rings. The SMILES string of the molecule is COc1cc(-c2nnc(SCC(=O)NN)n2-c2ccccc2C)cc(OC)c1OC. The number of aromatic nitrogens is 3. The van der Waals surface area contributed by atoms with Crippen molar-refractivity contribution < 1.29 is 19.0 Å². The number of carbonyl (C=O) groups is 1. The Morgan fingerprint density at radius 3 is 2.33 bits per heavy atom. The number of rotatable bonds is 8. The van der Waals surface area contributed by atoms with Crippen molar-refractivity contribution in [2.45, 2.75) is 12.1 Å². The van der Waals surface area contributed by atoms with Gasteiger partial charge in [-0.15, -0.1) is 10.2 Å². The number of hydrogen-bond acceptors (Lipinski definition) is 8. The van der Waals surface area contributed by atoms with Crippen molar-refractivity contribution in [1.82, 2.24) is 20.2 Å². The Kier molecular flexibility index (Phi) is 6.80. The predicted molar refractivity (Wildman–Crippen MR) is 114 cm³/mol. The molecule has 3 rings (SSSR count). The molecule has 0 bridgehead atoms. The number of thioether (sulfide) groups is 1. The van der Waals surface area contributed by atoms with Crippen molar-refractivity contribution in [3.8, 4) is 34.3 Å². The minimum atomic E-state index is -0.311. The van der Waals surface area contributed by atoms with E-state index in [1.165, 1.54) is 11.8 Å². The lowest BCUT2D eigenvalue weighted by molar-refractivity contribution is -0.118. The van der Waals surface area contributed by atoms with Gasteiger partial charge in [-0.05, 0) is 30.7 Å². The fraction of sp³-hybridized carbons (Fsp3) is 0.250. The second kappa shape index (κ2) is 9.51. The van der Waals surface area contributed by atoms with Crippen LogP contribution >= 0.6 is 11.8 Å².